The molecule has 1 aromatic carbocycles. The lowest BCUT2D eigenvalue weighted by Gasteiger charge is -2.17. The van der Waals surface area contributed by atoms with Gasteiger partial charge >= 0.3 is 0 Å². The Morgan fingerprint density at radius 3 is 2.58 bits per heavy atom. The maximum Gasteiger partial charge on any atom is 0.215 e. The van der Waals surface area contributed by atoms with Gasteiger partial charge in [-0.2, -0.15) is 5.10 Å². The van der Waals surface area contributed by atoms with Crippen molar-refractivity contribution in [2.75, 3.05) is 36.4 Å². The normalized spacial score (nSPS) is 14.6. The van der Waals surface area contributed by atoms with Crippen molar-refractivity contribution in [3.63, 3.8) is 0 Å². The SMILES string of the molecule is O=S(=O)(Cc1ccc(Cl)cc1)NCCNc1cc(N2CCCC2)cnn1. The van der Waals surface area contributed by atoms with Gasteiger partial charge in [-0.1, -0.05) is 23.7 Å². The molecule has 1 aliphatic heterocycles. The summed E-state index contributed by atoms with van der Waals surface area (Å²) in [7, 11) is -3.40. The molecular weight excluding hydrogens is 374 g/mol. The quantitative estimate of drug-likeness (QED) is 0.666. The van der Waals surface area contributed by atoms with Gasteiger partial charge in [-0.25, -0.2) is 13.1 Å². The lowest BCUT2D eigenvalue weighted by atomic mass is 10.2. The Bertz CT molecular complexity index is 823. The Labute approximate surface area is 158 Å². The van der Waals surface area contributed by atoms with E-state index in [9.17, 15) is 8.42 Å². The average Bonchev–Trinajstić information content (AvgIpc) is 3.16. The second-order valence-corrected chi connectivity index (χ2v) is 8.44. The van der Waals surface area contributed by atoms with E-state index >= 15 is 0 Å². The zero-order chi connectivity index (χ0) is 18.4. The highest BCUT2D eigenvalue weighted by Gasteiger charge is 2.14. The molecule has 2 heterocycles. The van der Waals surface area contributed by atoms with Crippen LogP contribution in [-0.4, -0.2) is 44.8 Å². The Morgan fingerprint density at radius 1 is 1.12 bits per heavy atom. The third kappa shape index (κ3) is 5.55. The van der Waals surface area contributed by atoms with E-state index in [0.717, 1.165) is 18.8 Å². The van der Waals surface area contributed by atoms with Crippen LogP contribution in [0.25, 0.3) is 0 Å². The van der Waals surface area contributed by atoms with Crippen LogP contribution in [-0.2, 0) is 15.8 Å². The van der Waals surface area contributed by atoms with Crippen LogP contribution in [0.3, 0.4) is 0 Å². The molecule has 2 N–H and O–H groups in total. The molecule has 26 heavy (non-hydrogen) atoms. The molecule has 1 saturated heterocycles. The van der Waals surface area contributed by atoms with Crippen LogP contribution in [0.4, 0.5) is 11.5 Å². The highest BCUT2D eigenvalue weighted by atomic mass is 35.5. The van der Waals surface area contributed by atoms with Crippen LogP contribution in [0, 0.1) is 0 Å². The van der Waals surface area contributed by atoms with Gasteiger partial charge in [0.25, 0.3) is 0 Å². The molecule has 3 rings (SSSR count). The lowest BCUT2D eigenvalue weighted by Crippen LogP contribution is -2.30. The number of nitrogens with one attached hydrogen (secondary N) is 2. The van der Waals surface area contributed by atoms with Gasteiger partial charge in [0.1, 0.15) is 0 Å². The first-order valence-electron chi connectivity index (χ1n) is 8.55. The molecule has 0 radical (unpaired) electrons. The summed E-state index contributed by atoms with van der Waals surface area (Å²) in [5.74, 6) is 0.570. The zero-order valence-corrected chi connectivity index (χ0v) is 15.9. The zero-order valence-electron chi connectivity index (χ0n) is 14.4. The molecule has 1 aliphatic rings. The van der Waals surface area contributed by atoms with Crippen LogP contribution in [0.15, 0.2) is 36.5 Å². The van der Waals surface area contributed by atoms with Gasteiger partial charge in [-0.15, -0.1) is 5.10 Å². The first-order chi connectivity index (χ1) is 12.5. The highest BCUT2D eigenvalue weighted by Crippen LogP contribution is 2.20. The van der Waals surface area contributed by atoms with E-state index in [1.54, 1.807) is 30.5 Å². The van der Waals surface area contributed by atoms with E-state index < -0.39 is 10.0 Å². The molecule has 7 nitrogen and oxygen atoms in total. The minimum Gasteiger partial charge on any atom is -0.370 e. The minimum absolute atomic E-state index is 0.0750. The minimum atomic E-state index is -3.40. The van der Waals surface area contributed by atoms with Crippen molar-refractivity contribution in [3.05, 3.63) is 47.1 Å². The fourth-order valence-corrected chi connectivity index (χ4v) is 4.11. The summed E-state index contributed by atoms with van der Waals surface area (Å²) in [6.45, 7) is 2.77. The maximum atomic E-state index is 12.1. The van der Waals surface area contributed by atoms with E-state index in [-0.39, 0.29) is 12.3 Å². The largest absolute Gasteiger partial charge is 0.370 e. The van der Waals surface area contributed by atoms with Crippen molar-refractivity contribution in [1.29, 1.82) is 0 Å². The summed E-state index contributed by atoms with van der Waals surface area (Å²) in [5, 5.41) is 11.8. The number of aromatic nitrogens is 2. The van der Waals surface area contributed by atoms with Crippen LogP contribution in [0.2, 0.25) is 5.02 Å². The van der Waals surface area contributed by atoms with Crippen molar-refractivity contribution >= 4 is 33.1 Å². The van der Waals surface area contributed by atoms with E-state index in [2.05, 4.69) is 25.1 Å². The Morgan fingerprint density at radius 2 is 1.85 bits per heavy atom. The molecule has 0 amide bonds. The number of halogens is 1. The lowest BCUT2D eigenvalue weighted by molar-refractivity contribution is 0.582. The molecular formula is C17H22ClN5O2S. The molecule has 0 spiro atoms. The summed E-state index contributed by atoms with van der Waals surface area (Å²) >= 11 is 5.81. The molecule has 1 fully saturated rings. The molecule has 0 atom stereocenters. The van der Waals surface area contributed by atoms with Crippen molar-refractivity contribution in [2.45, 2.75) is 18.6 Å². The predicted octanol–water partition coefficient (Wildman–Crippen LogP) is 2.26. The molecule has 2 aromatic rings. The summed E-state index contributed by atoms with van der Waals surface area (Å²) in [6.07, 6.45) is 4.15. The van der Waals surface area contributed by atoms with Gasteiger partial charge in [0.05, 0.1) is 17.6 Å². The monoisotopic (exact) mass is 395 g/mol. The Kier molecular flexibility index (Phi) is 6.29. The first-order valence-corrected chi connectivity index (χ1v) is 10.6. The number of nitrogens with zero attached hydrogens (tertiary/aromatic N) is 3. The van der Waals surface area contributed by atoms with E-state index in [1.807, 2.05) is 6.07 Å². The second-order valence-electron chi connectivity index (χ2n) is 6.20. The van der Waals surface area contributed by atoms with Gasteiger partial charge < -0.3 is 10.2 Å². The Hall–Kier alpha value is -1.90. The number of hydrogen-bond acceptors (Lipinski definition) is 6. The number of benzene rings is 1. The van der Waals surface area contributed by atoms with Gasteiger partial charge in [0, 0.05) is 37.3 Å². The molecule has 0 unspecified atom stereocenters. The molecule has 0 aliphatic carbocycles. The fraction of sp³-hybridized carbons (Fsp3) is 0.412. The maximum absolute atomic E-state index is 12.1. The smallest absolute Gasteiger partial charge is 0.215 e. The van der Waals surface area contributed by atoms with Crippen molar-refractivity contribution in [3.8, 4) is 0 Å². The van der Waals surface area contributed by atoms with Gasteiger partial charge in [-0.3, -0.25) is 0 Å². The number of sulfonamides is 1. The number of rotatable bonds is 8. The standard InChI is InChI=1S/C17H22ClN5O2S/c18-15-5-3-14(4-6-15)13-26(24,25)21-8-7-19-17-11-16(12-20-22-17)23-9-1-2-10-23/h3-6,11-12,21H,1-2,7-10,13H2,(H,19,22). The van der Waals surface area contributed by atoms with Crippen molar-refractivity contribution < 1.29 is 8.42 Å². The summed E-state index contributed by atoms with van der Waals surface area (Å²) < 4.78 is 26.8. The van der Waals surface area contributed by atoms with Crippen molar-refractivity contribution in [1.82, 2.24) is 14.9 Å². The van der Waals surface area contributed by atoms with Crippen LogP contribution < -0.4 is 14.9 Å². The molecule has 0 bridgehead atoms. The second kappa shape index (κ2) is 8.66. The molecule has 1 aromatic heterocycles. The van der Waals surface area contributed by atoms with E-state index in [0.29, 0.717) is 22.9 Å². The Balaban J connectivity index is 1.46. The van der Waals surface area contributed by atoms with Crippen molar-refractivity contribution in [2.24, 2.45) is 0 Å². The fourth-order valence-electron chi connectivity index (χ4n) is 2.84. The van der Waals surface area contributed by atoms with Crippen LogP contribution >= 0.6 is 11.6 Å². The summed E-state index contributed by atoms with van der Waals surface area (Å²) in [4.78, 5) is 2.27. The number of hydrogen-bond donors (Lipinski definition) is 2. The average molecular weight is 396 g/mol. The van der Waals surface area contributed by atoms with Gasteiger partial charge in [-0.05, 0) is 30.5 Å². The summed E-state index contributed by atoms with van der Waals surface area (Å²) in [5.41, 5.74) is 1.74. The topological polar surface area (TPSA) is 87.2 Å². The van der Waals surface area contributed by atoms with Crippen LogP contribution in [0.5, 0.6) is 0 Å². The molecule has 0 saturated carbocycles. The predicted molar refractivity (Wildman–Crippen MR) is 104 cm³/mol. The molecule has 140 valence electrons. The summed E-state index contributed by atoms with van der Waals surface area (Å²) in [6, 6.07) is 8.72. The van der Waals surface area contributed by atoms with E-state index in [1.165, 1.54) is 12.8 Å². The molecule has 9 heteroatoms. The third-order valence-electron chi connectivity index (χ3n) is 4.13. The van der Waals surface area contributed by atoms with Gasteiger partial charge in [0.2, 0.25) is 10.0 Å². The third-order valence-corrected chi connectivity index (χ3v) is 5.74. The number of anilines is 2. The van der Waals surface area contributed by atoms with Crippen LogP contribution in [0.1, 0.15) is 18.4 Å². The van der Waals surface area contributed by atoms with E-state index in [4.69, 9.17) is 11.6 Å². The highest BCUT2D eigenvalue weighted by molar-refractivity contribution is 7.88. The van der Waals surface area contributed by atoms with Gasteiger partial charge in [0.15, 0.2) is 5.82 Å². The first kappa shape index (κ1) is 18.9.